The van der Waals surface area contributed by atoms with Gasteiger partial charge in [-0.25, -0.2) is 8.78 Å². The summed E-state index contributed by atoms with van der Waals surface area (Å²) in [5, 5.41) is 10.5. The summed E-state index contributed by atoms with van der Waals surface area (Å²) in [7, 11) is 0. The van der Waals surface area contributed by atoms with Crippen molar-refractivity contribution < 1.29 is 13.9 Å². The van der Waals surface area contributed by atoms with Crippen LogP contribution in [0.2, 0.25) is 0 Å². The molecule has 0 aromatic heterocycles. The highest BCUT2D eigenvalue weighted by Crippen LogP contribution is 2.28. The van der Waals surface area contributed by atoms with E-state index in [0.717, 1.165) is 11.1 Å². The molecule has 0 aliphatic rings. The molecule has 0 aliphatic carbocycles. The van der Waals surface area contributed by atoms with E-state index in [1.54, 1.807) is 38.1 Å². The lowest BCUT2D eigenvalue weighted by Crippen LogP contribution is -2.26. The van der Waals surface area contributed by atoms with Crippen molar-refractivity contribution in [1.29, 1.82) is 0 Å². The van der Waals surface area contributed by atoms with Gasteiger partial charge in [0.2, 0.25) is 0 Å². The highest BCUT2D eigenvalue weighted by atomic mass is 19.1. The molecule has 1 nitrogen and oxygen atoms in total. The van der Waals surface area contributed by atoms with Crippen molar-refractivity contribution in [2.45, 2.75) is 25.9 Å². The van der Waals surface area contributed by atoms with E-state index in [-0.39, 0.29) is 17.8 Å². The second kappa shape index (κ2) is 5.10. The Balaban J connectivity index is 2.33. The van der Waals surface area contributed by atoms with Crippen LogP contribution in [-0.2, 0) is 12.0 Å². The molecule has 1 unspecified atom stereocenters. The van der Waals surface area contributed by atoms with E-state index in [0.29, 0.717) is 0 Å². The Bertz CT molecular complexity index is 591. The molecule has 0 heterocycles. The number of benzene rings is 2. The van der Waals surface area contributed by atoms with E-state index in [9.17, 15) is 13.9 Å². The minimum atomic E-state index is -1.33. The fraction of sp³-hybridized carbons (Fsp3) is 0.250. The molecule has 0 aliphatic heterocycles. The van der Waals surface area contributed by atoms with Crippen LogP contribution in [0.15, 0.2) is 42.5 Å². The highest BCUT2D eigenvalue weighted by Gasteiger charge is 2.27. The molecule has 0 saturated heterocycles. The number of aryl methyl sites for hydroxylation is 1. The van der Waals surface area contributed by atoms with Gasteiger partial charge in [0.15, 0.2) is 0 Å². The van der Waals surface area contributed by atoms with Gasteiger partial charge in [0, 0.05) is 12.0 Å². The maximum Gasteiger partial charge on any atom is 0.129 e. The Kier molecular flexibility index (Phi) is 3.67. The topological polar surface area (TPSA) is 20.2 Å². The smallest absolute Gasteiger partial charge is 0.129 e. The average Bonchev–Trinajstić information content (AvgIpc) is 2.33. The Morgan fingerprint density at radius 1 is 1.11 bits per heavy atom. The van der Waals surface area contributed by atoms with E-state index >= 15 is 0 Å². The third-order valence-corrected chi connectivity index (χ3v) is 3.29. The molecule has 0 bridgehead atoms. The average molecular weight is 262 g/mol. The Morgan fingerprint density at radius 2 is 1.79 bits per heavy atom. The third-order valence-electron chi connectivity index (χ3n) is 3.29. The van der Waals surface area contributed by atoms with Crippen molar-refractivity contribution >= 4 is 0 Å². The first-order chi connectivity index (χ1) is 8.90. The molecule has 0 fully saturated rings. The molecule has 0 amide bonds. The minimum Gasteiger partial charge on any atom is -0.385 e. The summed E-state index contributed by atoms with van der Waals surface area (Å²) >= 11 is 0. The highest BCUT2D eigenvalue weighted by molar-refractivity contribution is 5.31. The van der Waals surface area contributed by atoms with Gasteiger partial charge in [-0.05, 0) is 43.2 Å². The SMILES string of the molecule is Cc1cc(F)ccc1CC(C)(O)c1ccccc1F. The standard InChI is InChI=1S/C16H16F2O/c1-11-9-13(17)8-7-12(11)10-16(2,19)14-5-3-4-6-15(14)18/h3-9,19H,10H2,1-2H3. The molecular formula is C16H16F2O. The Labute approximate surface area is 111 Å². The number of aliphatic hydroxyl groups is 1. The molecule has 3 heteroatoms. The fourth-order valence-electron chi connectivity index (χ4n) is 2.22. The molecule has 0 spiro atoms. The second-order valence-corrected chi connectivity index (χ2v) is 5.00. The molecule has 100 valence electrons. The summed E-state index contributed by atoms with van der Waals surface area (Å²) in [6, 6.07) is 10.5. The third kappa shape index (κ3) is 2.99. The zero-order valence-corrected chi connectivity index (χ0v) is 11.0. The summed E-state index contributed by atoms with van der Waals surface area (Å²) in [4.78, 5) is 0. The zero-order chi connectivity index (χ0) is 14.0. The summed E-state index contributed by atoms with van der Waals surface area (Å²) < 4.78 is 26.8. The fourth-order valence-corrected chi connectivity index (χ4v) is 2.22. The lowest BCUT2D eigenvalue weighted by Gasteiger charge is -2.25. The minimum absolute atomic E-state index is 0.236. The van der Waals surface area contributed by atoms with E-state index in [4.69, 9.17) is 0 Å². The van der Waals surface area contributed by atoms with Crippen LogP contribution >= 0.6 is 0 Å². The lowest BCUT2D eigenvalue weighted by molar-refractivity contribution is 0.0536. The van der Waals surface area contributed by atoms with Crippen LogP contribution < -0.4 is 0 Å². The van der Waals surface area contributed by atoms with E-state index in [1.807, 2.05) is 0 Å². The van der Waals surface area contributed by atoms with E-state index < -0.39 is 11.4 Å². The van der Waals surface area contributed by atoms with Crippen LogP contribution in [0.25, 0.3) is 0 Å². The maximum absolute atomic E-state index is 13.7. The molecule has 19 heavy (non-hydrogen) atoms. The van der Waals surface area contributed by atoms with Crippen molar-refractivity contribution in [3.8, 4) is 0 Å². The monoisotopic (exact) mass is 262 g/mol. The molecule has 2 rings (SSSR count). The van der Waals surface area contributed by atoms with Gasteiger partial charge in [0.05, 0.1) is 5.60 Å². The van der Waals surface area contributed by atoms with Crippen molar-refractivity contribution in [3.63, 3.8) is 0 Å². The zero-order valence-electron chi connectivity index (χ0n) is 11.0. The van der Waals surface area contributed by atoms with Gasteiger partial charge in [-0.1, -0.05) is 24.3 Å². The normalized spacial score (nSPS) is 14.2. The van der Waals surface area contributed by atoms with Crippen molar-refractivity contribution in [2.24, 2.45) is 0 Å². The van der Waals surface area contributed by atoms with Crippen LogP contribution in [0.5, 0.6) is 0 Å². The van der Waals surface area contributed by atoms with Gasteiger partial charge >= 0.3 is 0 Å². The van der Waals surface area contributed by atoms with E-state index in [2.05, 4.69) is 0 Å². The van der Waals surface area contributed by atoms with Gasteiger partial charge < -0.3 is 5.11 Å². The van der Waals surface area contributed by atoms with Gasteiger partial charge in [-0.15, -0.1) is 0 Å². The second-order valence-electron chi connectivity index (χ2n) is 5.00. The lowest BCUT2D eigenvalue weighted by atomic mass is 9.87. The Morgan fingerprint density at radius 3 is 2.42 bits per heavy atom. The van der Waals surface area contributed by atoms with Gasteiger partial charge in [0.25, 0.3) is 0 Å². The number of halogens is 2. The van der Waals surface area contributed by atoms with Crippen LogP contribution in [0, 0.1) is 18.6 Å². The number of hydrogen-bond donors (Lipinski definition) is 1. The van der Waals surface area contributed by atoms with E-state index in [1.165, 1.54) is 18.2 Å². The first-order valence-corrected chi connectivity index (χ1v) is 6.12. The van der Waals surface area contributed by atoms with Crippen LogP contribution in [0.3, 0.4) is 0 Å². The summed E-state index contributed by atoms with van der Waals surface area (Å²) in [6.07, 6.45) is 0.236. The van der Waals surface area contributed by atoms with Crippen molar-refractivity contribution in [2.75, 3.05) is 0 Å². The number of hydrogen-bond acceptors (Lipinski definition) is 1. The molecule has 1 atom stereocenters. The predicted octanol–water partition coefficient (Wildman–Crippen LogP) is 3.72. The number of rotatable bonds is 3. The van der Waals surface area contributed by atoms with Crippen LogP contribution in [0.1, 0.15) is 23.6 Å². The van der Waals surface area contributed by atoms with Crippen molar-refractivity contribution in [3.05, 3.63) is 70.8 Å². The summed E-state index contributed by atoms with van der Waals surface area (Å²) in [5.41, 5.74) is 0.471. The van der Waals surface area contributed by atoms with Crippen LogP contribution in [0.4, 0.5) is 8.78 Å². The first kappa shape index (κ1) is 13.7. The molecule has 0 saturated carbocycles. The largest absolute Gasteiger partial charge is 0.385 e. The quantitative estimate of drug-likeness (QED) is 0.893. The van der Waals surface area contributed by atoms with Crippen molar-refractivity contribution in [1.82, 2.24) is 0 Å². The maximum atomic E-state index is 13.7. The van der Waals surface area contributed by atoms with Gasteiger partial charge in [-0.3, -0.25) is 0 Å². The molecule has 2 aromatic rings. The van der Waals surface area contributed by atoms with Crippen LogP contribution in [-0.4, -0.2) is 5.11 Å². The molecule has 1 N–H and O–H groups in total. The summed E-state index contributed by atoms with van der Waals surface area (Å²) in [6.45, 7) is 3.34. The molecular weight excluding hydrogens is 246 g/mol. The Hall–Kier alpha value is -1.74. The summed E-state index contributed by atoms with van der Waals surface area (Å²) in [5.74, 6) is -0.751. The predicted molar refractivity (Wildman–Crippen MR) is 70.8 cm³/mol. The molecule has 2 aromatic carbocycles. The molecule has 0 radical (unpaired) electrons. The van der Waals surface area contributed by atoms with Gasteiger partial charge in [0.1, 0.15) is 11.6 Å². The first-order valence-electron chi connectivity index (χ1n) is 6.12. The van der Waals surface area contributed by atoms with Gasteiger partial charge in [-0.2, -0.15) is 0 Å².